The van der Waals surface area contributed by atoms with E-state index in [-0.39, 0.29) is 18.5 Å². The van der Waals surface area contributed by atoms with Crippen LogP contribution in [0.15, 0.2) is 23.3 Å². The molecule has 18 heavy (non-hydrogen) atoms. The fourth-order valence-electron chi connectivity index (χ4n) is 1.48. The molecule has 0 spiro atoms. The van der Waals surface area contributed by atoms with E-state index in [0.717, 1.165) is 6.07 Å². The van der Waals surface area contributed by atoms with Gasteiger partial charge >= 0.3 is 0 Å². The monoisotopic (exact) mass is 255 g/mol. The van der Waals surface area contributed by atoms with Crippen molar-refractivity contribution in [3.05, 3.63) is 40.0 Å². The number of aliphatic hydroxyl groups excluding tert-OH is 2. The first-order valence-corrected chi connectivity index (χ1v) is 5.30. The van der Waals surface area contributed by atoms with Crippen molar-refractivity contribution in [2.75, 3.05) is 13.7 Å². The van der Waals surface area contributed by atoms with E-state index < -0.39 is 18.0 Å². The molecular formula is C11H14FN3O3. The Morgan fingerprint density at radius 1 is 1.50 bits per heavy atom. The lowest BCUT2D eigenvalue weighted by Crippen LogP contribution is -2.20. The molecule has 98 valence electrons. The van der Waals surface area contributed by atoms with Crippen LogP contribution in [0.5, 0.6) is 5.75 Å². The van der Waals surface area contributed by atoms with E-state index in [4.69, 9.17) is 10.3 Å². The Hall–Kier alpha value is -1.82. The van der Waals surface area contributed by atoms with Gasteiger partial charge in [0.1, 0.15) is 17.7 Å². The first-order valence-electron chi connectivity index (χ1n) is 5.30. The lowest BCUT2D eigenvalue weighted by Gasteiger charge is -2.18. The minimum atomic E-state index is -1.39. The number of rotatable bonds is 6. The van der Waals surface area contributed by atoms with E-state index in [0.29, 0.717) is 5.75 Å². The van der Waals surface area contributed by atoms with Crippen molar-refractivity contribution in [1.29, 1.82) is 0 Å². The molecule has 0 aliphatic heterocycles. The maximum Gasteiger partial charge on any atom is 0.129 e. The molecular weight excluding hydrogens is 241 g/mol. The molecule has 0 radical (unpaired) electrons. The molecule has 2 unspecified atom stereocenters. The molecule has 0 amide bonds. The number of aliphatic hydroxyl groups is 2. The molecule has 0 aromatic heterocycles. The van der Waals surface area contributed by atoms with Crippen LogP contribution in [0, 0.1) is 5.82 Å². The summed E-state index contributed by atoms with van der Waals surface area (Å²) in [6.45, 7) is 0.0281. The number of azide groups is 1. The van der Waals surface area contributed by atoms with Gasteiger partial charge in [-0.2, -0.15) is 0 Å². The van der Waals surface area contributed by atoms with Gasteiger partial charge in [-0.15, -0.1) is 0 Å². The van der Waals surface area contributed by atoms with Crippen molar-refractivity contribution < 1.29 is 19.3 Å². The molecule has 7 heteroatoms. The lowest BCUT2D eigenvalue weighted by molar-refractivity contribution is 0.0129. The zero-order chi connectivity index (χ0) is 13.5. The van der Waals surface area contributed by atoms with E-state index in [9.17, 15) is 14.6 Å². The van der Waals surface area contributed by atoms with Crippen LogP contribution in [0.2, 0.25) is 0 Å². The predicted molar refractivity (Wildman–Crippen MR) is 62.5 cm³/mol. The van der Waals surface area contributed by atoms with Crippen LogP contribution >= 0.6 is 0 Å². The van der Waals surface area contributed by atoms with E-state index >= 15 is 0 Å². The Labute approximate surface area is 103 Å². The Morgan fingerprint density at radius 3 is 2.83 bits per heavy atom. The number of benzene rings is 1. The second kappa shape index (κ2) is 6.80. The second-order valence-corrected chi connectivity index (χ2v) is 3.64. The summed E-state index contributed by atoms with van der Waals surface area (Å²) in [7, 11) is 1.42. The number of ether oxygens (including phenoxy) is 1. The summed E-state index contributed by atoms with van der Waals surface area (Å²) in [6, 6.07) is 3.88. The quantitative estimate of drug-likeness (QED) is 0.461. The highest BCUT2D eigenvalue weighted by atomic mass is 19.1. The topological polar surface area (TPSA) is 98.5 Å². The Kier molecular flexibility index (Phi) is 5.38. The van der Waals surface area contributed by atoms with Crippen LogP contribution in [0.1, 0.15) is 18.1 Å². The molecule has 0 bridgehead atoms. The summed E-state index contributed by atoms with van der Waals surface area (Å²) in [5.41, 5.74) is 8.03. The third-order valence-corrected chi connectivity index (χ3v) is 2.47. The largest absolute Gasteiger partial charge is 0.497 e. The number of hydrogen-bond acceptors (Lipinski definition) is 4. The summed E-state index contributed by atoms with van der Waals surface area (Å²) in [5.74, 6) is -0.251. The summed E-state index contributed by atoms with van der Waals surface area (Å²) in [5, 5.41) is 22.7. The minimum Gasteiger partial charge on any atom is -0.497 e. The summed E-state index contributed by atoms with van der Waals surface area (Å²) < 4.78 is 18.4. The van der Waals surface area contributed by atoms with E-state index in [1.165, 1.54) is 19.2 Å². The van der Waals surface area contributed by atoms with Gasteiger partial charge < -0.3 is 14.9 Å². The molecule has 1 aromatic carbocycles. The third-order valence-electron chi connectivity index (χ3n) is 2.47. The third kappa shape index (κ3) is 3.59. The average Bonchev–Trinajstić information content (AvgIpc) is 2.38. The smallest absolute Gasteiger partial charge is 0.129 e. The van der Waals surface area contributed by atoms with Crippen molar-refractivity contribution in [3.8, 4) is 5.75 Å². The van der Waals surface area contributed by atoms with Gasteiger partial charge in [-0.05, 0) is 30.2 Å². The molecule has 0 saturated heterocycles. The van der Waals surface area contributed by atoms with E-state index in [1.807, 2.05) is 0 Å². The number of methoxy groups -OCH3 is 1. The van der Waals surface area contributed by atoms with Gasteiger partial charge in [0, 0.05) is 17.0 Å². The predicted octanol–water partition coefficient (Wildman–Crippen LogP) is 1.93. The SMILES string of the molecule is COc1ccc(F)c(C(O)C(O)CCN=[N+]=[N-])c1. The van der Waals surface area contributed by atoms with Gasteiger partial charge in [0.2, 0.25) is 0 Å². The molecule has 2 N–H and O–H groups in total. The van der Waals surface area contributed by atoms with Crippen molar-refractivity contribution >= 4 is 0 Å². The molecule has 0 saturated carbocycles. The van der Waals surface area contributed by atoms with Crippen LogP contribution in [-0.2, 0) is 0 Å². The Morgan fingerprint density at radius 2 is 2.22 bits per heavy atom. The highest BCUT2D eigenvalue weighted by Gasteiger charge is 2.21. The molecule has 1 rings (SSSR count). The minimum absolute atomic E-state index is 0.0281. The average molecular weight is 255 g/mol. The Bertz CT molecular complexity index is 449. The van der Waals surface area contributed by atoms with Crippen LogP contribution in [0.25, 0.3) is 10.4 Å². The highest BCUT2D eigenvalue weighted by Crippen LogP contribution is 2.25. The molecule has 0 aliphatic rings. The zero-order valence-corrected chi connectivity index (χ0v) is 9.82. The van der Waals surface area contributed by atoms with E-state index in [2.05, 4.69) is 10.0 Å². The van der Waals surface area contributed by atoms with Gasteiger partial charge in [0.05, 0.1) is 13.2 Å². The molecule has 0 aliphatic carbocycles. The summed E-state index contributed by atoms with van der Waals surface area (Å²) >= 11 is 0. The first-order chi connectivity index (χ1) is 8.60. The van der Waals surface area contributed by atoms with Crippen LogP contribution < -0.4 is 4.74 Å². The number of hydrogen-bond donors (Lipinski definition) is 2. The fraction of sp³-hybridized carbons (Fsp3) is 0.455. The van der Waals surface area contributed by atoms with Crippen LogP contribution in [0.3, 0.4) is 0 Å². The molecule has 2 atom stereocenters. The lowest BCUT2D eigenvalue weighted by atomic mass is 10.0. The maximum absolute atomic E-state index is 13.5. The summed E-state index contributed by atoms with van der Waals surface area (Å²) in [4.78, 5) is 2.52. The van der Waals surface area contributed by atoms with Gasteiger partial charge in [-0.25, -0.2) is 4.39 Å². The molecule has 0 heterocycles. The van der Waals surface area contributed by atoms with Crippen molar-refractivity contribution in [1.82, 2.24) is 0 Å². The number of halogens is 1. The highest BCUT2D eigenvalue weighted by molar-refractivity contribution is 5.31. The van der Waals surface area contributed by atoms with Gasteiger partial charge in [-0.1, -0.05) is 5.11 Å². The van der Waals surface area contributed by atoms with Gasteiger partial charge in [0.15, 0.2) is 0 Å². The van der Waals surface area contributed by atoms with Crippen molar-refractivity contribution in [2.24, 2.45) is 5.11 Å². The van der Waals surface area contributed by atoms with Crippen LogP contribution in [0.4, 0.5) is 4.39 Å². The van der Waals surface area contributed by atoms with Crippen LogP contribution in [-0.4, -0.2) is 30.0 Å². The fourth-order valence-corrected chi connectivity index (χ4v) is 1.48. The van der Waals surface area contributed by atoms with E-state index in [1.54, 1.807) is 0 Å². The maximum atomic E-state index is 13.5. The standard InChI is InChI=1S/C11H14FN3O3/c1-18-7-2-3-9(12)8(6-7)11(17)10(16)4-5-14-15-13/h2-3,6,10-11,16-17H,4-5H2,1H3. The Balaban J connectivity index is 2.81. The molecule has 0 fully saturated rings. The summed E-state index contributed by atoms with van der Waals surface area (Å²) in [6.07, 6.45) is -2.56. The number of nitrogens with zero attached hydrogens (tertiary/aromatic N) is 3. The molecule has 1 aromatic rings. The van der Waals surface area contributed by atoms with Gasteiger partial charge in [-0.3, -0.25) is 0 Å². The zero-order valence-electron chi connectivity index (χ0n) is 9.82. The van der Waals surface area contributed by atoms with Gasteiger partial charge in [0.25, 0.3) is 0 Å². The van der Waals surface area contributed by atoms with Crippen molar-refractivity contribution in [2.45, 2.75) is 18.6 Å². The second-order valence-electron chi connectivity index (χ2n) is 3.64. The normalized spacial score (nSPS) is 13.6. The first kappa shape index (κ1) is 14.2. The van der Waals surface area contributed by atoms with Crippen molar-refractivity contribution in [3.63, 3.8) is 0 Å². The molecule has 6 nitrogen and oxygen atoms in total.